The minimum Gasteiger partial charge on any atom is -0.497 e. The van der Waals surface area contributed by atoms with Crippen LogP contribution in [0, 0.1) is 5.92 Å². The number of hydrogen-bond acceptors (Lipinski definition) is 5. The Balaban J connectivity index is 2.39. The minimum atomic E-state index is -0.828. The van der Waals surface area contributed by atoms with Gasteiger partial charge in [-0.2, -0.15) is 0 Å². The third kappa shape index (κ3) is 6.26. The van der Waals surface area contributed by atoms with Crippen molar-refractivity contribution in [2.24, 2.45) is 11.7 Å². The predicted molar refractivity (Wildman–Crippen MR) is 87.3 cm³/mol. The van der Waals surface area contributed by atoms with Crippen LogP contribution in [0.4, 0.5) is 4.79 Å². The molecular weight excluding hydrogens is 304 g/mol. The normalized spacial score (nSPS) is 11.8. The number of primary amides is 1. The molecule has 0 aliphatic carbocycles. The second kappa shape index (κ2) is 9.19. The van der Waals surface area contributed by atoms with E-state index in [1.807, 2.05) is 38.1 Å². The molecule has 0 bridgehead atoms. The summed E-state index contributed by atoms with van der Waals surface area (Å²) in [6.07, 6.45) is 0. The van der Waals surface area contributed by atoms with Crippen molar-refractivity contribution < 1.29 is 19.1 Å². The lowest BCUT2D eigenvalue weighted by Crippen LogP contribution is -2.42. The fourth-order valence-corrected chi connectivity index (χ4v) is 2.80. The van der Waals surface area contributed by atoms with E-state index < -0.39 is 6.03 Å². The molecule has 1 atom stereocenters. The minimum absolute atomic E-state index is 0.0883. The number of hydrogen-bond donors (Lipinski definition) is 2. The van der Waals surface area contributed by atoms with E-state index in [9.17, 15) is 9.59 Å². The molecular formula is C15H22N2O4S. The molecule has 3 N–H and O–H groups in total. The van der Waals surface area contributed by atoms with E-state index in [-0.39, 0.29) is 17.1 Å². The van der Waals surface area contributed by atoms with Crippen LogP contribution in [0.1, 0.15) is 13.8 Å². The number of urea groups is 1. The summed E-state index contributed by atoms with van der Waals surface area (Å²) in [4.78, 5) is 22.6. The number of carbonyl (C=O) groups is 2. The van der Waals surface area contributed by atoms with Crippen molar-refractivity contribution in [1.82, 2.24) is 5.32 Å². The van der Waals surface area contributed by atoms with Crippen LogP contribution in [0.15, 0.2) is 24.3 Å². The number of nitrogens with one attached hydrogen (secondary N) is 1. The standard InChI is InChI=1S/C15H22N2O4S/c1-10(2)13(14(18)17-15(16)19)22-9-8-21-12-6-4-11(20-3)5-7-12/h4-7,10,13H,8-9H2,1-3H3,(H3,16,17,18,19)/t13-/m1/s1. The lowest BCUT2D eigenvalue weighted by Gasteiger charge is -2.18. The van der Waals surface area contributed by atoms with Gasteiger partial charge in [0.15, 0.2) is 0 Å². The summed E-state index contributed by atoms with van der Waals surface area (Å²) in [5.74, 6) is 1.86. The van der Waals surface area contributed by atoms with Gasteiger partial charge in [-0.05, 0) is 30.2 Å². The van der Waals surface area contributed by atoms with Gasteiger partial charge in [0.25, 0.3) is 0 Å². The monoisotopic (exact) mass is 326 g/mol. The molecule has 0 spiro atoms. The van der Waals surface area contributed by atoms with Crippen molar-refractivity contribution in [3.05, 3.63) is 24.3 Å². The van der Waals surface area contributed by atoms with Gasteiger partial charge >= 0.3 is 6.03 Å². The number of carbonyl (C=O) groups excluding carboxylic acids is 2. The molecule has 1 aromatic carbocycles. The third-order valence-electron chi connectivity index (χ3n) is 2.82. The molecule has 0 saturated heterocycles. The van der Waals surface area contributed by atoms with Crippen LogP contribution in [0.2, 0.25) is 0 Å². The van der Waals surface area contributed by atoms with Gasteiger partial charge in [-0.25, -0.2) is 4.79 Å². The van der Waals surface area contributed by atoms with Gasteiger partial charge < -0.3 is 15.2 Å². The highest BCUT2D eigenvalue weighted by Crippen LogP contribution is 2.21. The Morgan fingerprint density at radius 3 is 2.32 bits per heavy atom. The number of methoxy groups -OCH3 is 1. The Kier molecular flexibility index (Phi) is 7.59. The van der Waals surface area contributed by atoms with Crippen molar-refractivity contribution >= 4 is 23.7 Å². The molecule has 0 saturated carbocycles. The third-order valence-corrected chi connectivity index (χ3v) is 4.34. The molecule has 0 fully saturated rings. The van der Waals surface area contributed by atoms with Gasteiger partial charge in [0.2, 0.25) is 5.91 Å². The van der Waals surface area contributed by atoms with Gasteiger partial charge in [0, 0.05) is 5.75 Å². The van der Waals surface area contributed by atoms with Crippen LogP contribution >= 0.6 is 11.8 Å². The van der Waals surface area contributed by atoms with Crippen LogP contribution in [-0.2, 0) is 4.79 Å². The molecule has 0 unspecified atom stereocenters. The molecule has 0 heterocycles. The number of imide groups is 1. The molecule has 22 heavy (non-hydrogen) atoms. The Bertz CT molecular complexity index is 491. The van der Waals surface area contributed by atoms with Gasteiger partial charge in [-0.1, -0.05) is 13.8 Å². The van der Waals surface area contributed by atoms with Crippen LogP contribution in [0.3, 0.4) is 0 Å². The summed E-state index contributed by atoms with van der Waals surface area (Å²) < 4.78 is 10.7. The molecule has 6 nitrogen and oxygen atoms in total. The zero-order valence-corrected chi connectivity index (χ0v) is 13.8. The largest absolute Gasteiger partial charge is 0.497 e. The first kappa shape index (κ1) is 18.2. The summed E-state index contributed by atoms with van der Waals surface area (Å²) >= 11 is 1.44. The maximum atomic E-state index is 11.8. The van der Waals surface area contributed by atoms with Gasteiger partial charge in [-0.15, -0.1) is 11.8 Å². The Morgan fingerprint density at radius 1 is 1.23 bits per heavy atom. The molecule has 0 radical (unpaired) electrons. The average molecular weight is 326 g/mol. The van der Waals surface area contributed by atoms with E-state index in [4.69, 9.17) is 15.2 Å². The molecule has 122 valence electrons. The zero-order chi connectivity index (χ0) is 16.5. The highest BCUT2D eigenvalue weighted by Gasteiger charge is 2.23. The molecule has 1 aromatic rings. The van der Waals surface area contributed by atoms with Crippen LogP contribution < -0.4 is 20.5 Å². The second-order valence-electron chi connectivity index (χ2n) is 4.91. The van der Waals surface area contributed by atoms with Crippen molar-refractivity contribution in [2.75, 3.05) is 19.5 Å². The number of thioether (sulfide) groups is 1. The Labute approximate surface area is 134 Å². The number of nitrogens with two attached hydrogens (primary N) is 1. The fourth-order valence-electron chi connectivity index (χ4n) is 1.77. The summed E-state index contributed by atoms with van der Waals surface area (Å²) in [6.45, 7) is 4.30. The van der Waals surface area contributed by atoms with Crippen LogP contribution in [-0.4, -0.2) is 36.7 Å². The first-order valence-corrected chi connectivity index (χ1v) is 7.97. The van der Waals surface area contributed by atoms with E-state index in [0.717, 1.165) is 11.5 Å². The first-order chi connectivity index (χ1) is 10.4. The SMILES string of the molecule is COc1ccc(OCCS[C@@H](C(=O)NC(N)=O)C(C)C)cc1. The lowest BCUT2D eigenvalue weighted by atomic mass is 10.1. The summed E-state index contributed by atoms with van der Waals surface area (Å²) in [5.41, 5.74) is 4.97. The molecule has 1 rings (SSSR count). The fraction of sp³-hybridized carbons (Fsp3) is 0.467. The molecule has 0 aliphatic rings. The first-order valence-electron chi connectivity index (χ1n) is 6.92. The maximum Gasteiger partial charge on any atom is 0.318 e. The number of amides is 3. The Morgan fingerprint density at radius 2 is 1.82 bits per heavy atom. The highest BCUT2D eigenvalue weighted by molar-refractivity contribution is 8.00. The molecule has 0 aromatic heterocycles. The van der Waals surface area contributed by atoms with Crippen molar-refractivity contribution in [3.8, 4) is 11.5 Å². The maximum absolute atomic E-state index is 11.8. The van der Waals surface area contributed by atoms with Crippen molar-refractivity contribution in [3.63, 3.8) is 0 Å². The number of rotatable bonds is 8. The lowest BCUT2D eigenvalue weighted by molar-refractivity contribution is -0.120. The van der Waals surface area contributed by atoms with Crippen molar-refractivity contribution in [2.45, 2.75) is 19.1 Å². The average Bonchev–Trinajstić information content (AvgIpc) is 2.46. The Hall–Kier alpha value is -1.89. The van der Waals surface area contributed by atoms with Gasteiger partial charge in [0.05, 0.1) is 19.0 Å². The molecule has 0 aliphatic heterocycles. The molecule has 3 amide bonds. The summed E-state index contributed by atoms with van der Waals surface area (Å²) in [6, 6.07) is 6.46. The predicted octanol–water partition coefficient (Wildman–Crippen LogP) is 2.03. The molecule has 7 heteroatoms. The van der Waals surface area contributed by atoms with Gasteiger partial charge in [-0.3, -0.25) is 10.1 Å². The number of benzene rings is 1. The van der Waals surface area contributed by atoms with E-state index in [1.54, 1.807) is 7.11 Å². The van der Waals surface area contributed by atoms with E-state index in [1.165, 1.54) is 11.8 Å². The van der Waals surface area contributed by atoms with E-state index in [0.29, 0.717) is 12.4 Å². The summed E-state index contributed by atoms with van der Waals surface area (Å²) in [5, 5.41) is 1.78. The number of ether oxygens (including phenoxy) is 2. The van der Waals surface area contributed by atoms with Crippen LogP contribution in [0.25, 0.3) is 0 Å². The van der Waals surface area contributed by atoms with E-state index >= 15 is 0 Å². The highest BCUT2D eigenvalue weighted by atomic mass is 32.2. The topological polar surface area (TPSA) is 90.7 Å². The van der Waals surface area contributed by atoms with Crippen LogP contribution in [0.5, 0.6) is 11.5 Å². The smallest absolute Gasteiger partial charge is 0.318 e. The quantitative estimate of drug-likeness (QED) is 0.713. The zero-order valence-electron chi connectivity index (χ0n) is 13.0. The summed E-state index contributed by atoms with van der Waals surface area (Å²) in [7, 11) is 1.61. The second-order valence-corrected chi connectivity index (χ2v) is 6.16. The van der Waals surface area contributed by atoms with E-state index in [2.05, 4.69) is 5.32 Å². The van der Waals surface area contributed by atoms with Gasteiger partial charge in [0.1, 0.15) is 11.5 Å². The van der Waals surface area contributed by atoms with Crippen molar-refractivity contribution in [1.29, 1.82) is 0 Å².